The van der Waals surface area contributed by atoms with Gasteiger partial charge in [0.1, 0.15) is 24.7 Å². The standard InChI is InChI=1S/C21H18N2O4/c1-14-20(15(2)27-23-14)13-25-19-9-7-18(8-10-19)21(24)26-12-17-5-3-16(11-22)4-6-17/h3-10H,12-13H2,1-2H3. The highest BCUT2D eigenvalue weighted by atomic mass is 16.5. The predicted octanol–water partition coefficient (Wildman–Crippen LogP) is 4.10. The van der Waals surface area contributed by atoms with Gasteiger partial charge in [0, 0.05) is 0 Å². The van der Waals surface area contributed by atoms with E-state index in [1.165, 1.54) is 0 Å². The zero-order valence-corrected chi connectivity index (χ0v) is 15.1. The number of aromatic nitrogens is 1. The van der Waals surface area contributed by atoms with E-state index < -0.39 is 5.97 Å². The zero-order valence-electron chi connectivity index (χ0n) is 15.1. The molecule has 27 heavy (non-hydrogen) atoms. The van der Waals surface area contributed by atoms with Crippen molar-refractivity contribution in [3.8, 4) is 11.8 Å². The highest BCUT2D eigenvalue weighted by molar-refractivity contribution is 5.89. The molecule has 0 aliphatic heterocycles. The maximum absolute atomic E-state index is 12.2. The highest BCUT2D eigenvalue weighted by Gasteiger charge is 2.11. The molecule has 3 aromatic rings. The maximum Gasteiger partial charge on any atom is 0.338 e. The third-order valence-electron chi connectivity index (χ3n) is 4.11. The van der Waals surface area contributed by atoms with E-state index in [2.05, 4.69) is 5.16 Å². The molecule has 0 radical (unpaired) electrons. The van der Waals surface area contributed by atoms with Gasteiger partial charge in [-0.1, -0.05) is 17.3 Å². The summed E-state index contributed by atoms with van der Waals surface area (Å²) in [6, 6.07) is 15.7. The molecule has 6 nitrogen and oxygen atoms in total. The molecule has 0 amide bonds. The van der Waals surface area contributed by atoms with E-state index in [0.717, 1.165) is 22.6 Å². The first kappa shape index (κ1) is 18.2. The van der Waals surface area contributed by atoms with Crippen LogP contribution in [0.15, 0.2) is 53.1 Å². The predicted molar refractivity (Wildman–Crippen MR) is 97.0 cm³/mol. The third kappa shape index (κ3) is 4.53. The van der Waals surface area contributed by atoms with Gasteiger partial charge in [0.05, 0.1) is 28.5 Å². The number of nitrogens with zero attached hydrogens (tertiary/aromatic N) is 2. The summed E-state index contributed by atoms with van der Waals surface area (Å²) >= 11 is 0. The lowest BCUT2D eigenvalue weighted by Gasteiger charge is -2.08. The molecule has 6 heteroatoms. The van der Waals surface area contributed by atoms with Gasteiger partial charge >= 0.3 is 5.97 Å². The first-order valence-corrected chi connectivity index (χ1v) is 8.37. The summed E-state index contributed by atoms with van der Waals surface area (Å²) in [5.74, 6) is 0.950. The summed E-state index contributed by atoms with van der Waals surface area (Å²) in [4.78, 5) is 12.2. The van der Waals surface area contributed by atoms with Crippen LogP contribution in [0.4, 0.5) is 0 Å². The van der Waals surface area contributed by atoms with Gasteiger partial charge in [0.25, 0.3) is 0 Å². The summed E-state index contributed by atoms with van der Waals surface area (Å²) in [5.41, 5.74) is 3.55. The number of rotatable bonds is 6. The lowest BCUT2D eigenvalue weighted by atomic mass is 10.1. The Balaban J connectivity index is 1.54. The number of hydrogen-bond acceptors (Lipinski definition) is 6. The quantitative estimate of drug-likeness (QED) is 0.614. The molecule has 0 aliphatic carbocycles. The average Bonchev–Trinajstić information content (AvgIpc) is 3.03. The first-order chi connectivity index (χ1) is 13.1. The minimum atomic E-state index is -0.420. The average molecular weight is 362 g/mol. The largest absolute Gasteiger partial charge is 0.489 e. The van der Waals surface area contributed by atoms with Gasteiger partial charge in [-0.25, -0.2) is 4.79 Å². The molecule has 0 fully saturated rings. The SMILES string of the molecule is Cc1noc(C)c1COc1ccc(C(=O)OCc2ccc(C#N)cc2)cc1. The number of ether oxygens (including phenoxy) is 2. The second-order valence-corrected chi connectivity index (χ2v) is 6.00. The van der Waals surface area contributed by atoms with Crippen molar-refractivity contribution < 1.29 is 18.8 Å². The van der Waals surface area contributed by atoms with Gasteiger partial charge in [0.2, 0.25) is 0 Å². The van der Waals surface area contributed by atoms with Crippen LogP contribution >= 0.6 is 0 Å². The monoisotopic (exact) mass is 362 g/mol. The van der Waals surface area contributed by atoms with Crippen molar-refractivity contribution in [3.05, 3.63) is 82.2 Å². The van der Waals surface area contributed by atoms with Crippen molar-refractivity contribution in [2.45, 2.75) is 27.1 Å². The summed E-state index contributed by atoms with van der Waals surface area (Å²) in [7, 11) is 0. The summed E-state index contributed by atoms with van der Waals surface area (Å²) in [6.45, 7) is 4.20. The summed E-state index contributed by atoms with van der Waals surface area (Å²) in [5, 5.41) is 12.7. The number of benzene rings is 2. The smallest absolute Gasteiger partial charge is 0.338 e. The molecule has 0 spiro atoms. The Kier molecular flexibility index (Phi) is 5.53. The van der Waals surface area contributed by atoms with Gasteiger partial charge in [-0.15, -0.1) is 0 Å². The molecular formula is C21H18N2O4. The molecule has 136 valence electrons. The molecule has 0 aliphatic rings. The fourth-order valence-corrected chi connectivity index (χ4v) is 2.46. The van der Waals surface area contributed by atoms with Crippen molar-refractivity contribution in [2.75, 3.05) is 0 Å². The minimum Gasteiger partial charge on any atom is -0.489 e. The van der Waals surface area contributed by atoms with Crippen molar-refractivity contribution in [1.29, 1.82) is 5.26 Å². The molecule has 0 N–H and O–H groups in total. The second kappa shape index (κ2) is 8.19. The van der Waals surface area contributed by atoms with Gasteiger partial charge in [-0.05, 0) is 55.8 Å². The number of hydrogen-bond donors (Lipinski definition) is 0. The van der Waals surface area contributed by atoms with Crippen LogP contribution in [0.1, 0.15) is 38.5 Å². The van der Waals surface area contributed by atoms with Crippen LogP contribution in [0.2, 0.25) is 0 Å². The second-order valence-electron chi connectivity index (χ2n) is 6.00. The maximum atomic E-state index is 12.2. The van der Waals surface area contributed by atoms with E-state index in [-0.39, 0.29) is 6.61 Å². The summed E-state index contributed by atoms with van der Waals surface area (Å²) < 4.78 is 16.1. The molecule has 0 atom stereocenters. The molecule has 1 aromatic heterocycles. The molecule has 0 saturated heterocycles. The van der Waals surface area contributed by atoms with E-state index in [0.29, 0.717) is 23.5 Å². The minimum absolute atomic E-state index is 0.148. The molecule has 1 heterocycles. The zero-order chi connectivity index (χ0) is 19.2. The lowest BCUT2D eigenvalue weighted by molar-refractivity contribution is 0.0472. The Morgan fingerprint density at radius 1 is 1.07 bits per heavy atom. The van der Waals surface area contributed by atoms with Gasteiger partial charge < -0.3 is 14.0 Å². The number of nitriles is 1. The Bertz CT molecular complexity index is 947. The third-order valence-corrected chi connectivity index (χ3v) is 4.11. The molecule has 3 rings (SSSR count). The molecule has 0 bridgehead atoms. The number of aryl methyl sites for hydroxylation is 2. The van der Waals surface area contributed by atoms with Crippen molar-refractivity contribution in [2.24, 2.45) is 0 Å². The normalized spacial score (nSPS) is 10.3. The highest BCUT2D eigenvalue weighted by Crippen LogP contribution is 2.18. The fraction of sp³-hybridized carbons (Fsp3) is 0.190. The topological polar surface area (TPSA) is 85.3 Å². The van der Waals surface area contributed by atoms with E-state index in [1.807, 2.05) is 19.9 Å². The fourth-order valence-electron chi connectivity index (χ4n) is 2.46. The molecular weight excluding hydrogens is 344 g/mol. The molecule has 0 saturated carbocycles. The molecule has 2 aromatic carbocycles. The van der Waals surface area contributed by atoms with Gasteiger partial charge in [-0.3, -0.25) is 0 Å². The number of esters is 1. The van der Waals surface area contributed by atoms with E-state index in [4.69, 9.17) is 19.3 Å². The van der Waals surface area contributed by atoms with E-state index >= 15 is 0 Å². The molecule has 0 unspecified atom stereocenters. The van der Waals surface area contributed by atoms with E-state index in [9.17, 15) is 4.79 Å². The Labute approximate surface area is 156 Å². The number of carbonyl (C=O) groups is 1. The first-order valence-electron chi connectivity index (χ1n) is 8.37. The van der Waals surface area contributed by atoms with Gasteiger partial charge in [0.15, 0.2) is 0 Å². The Morgan fingerprint density at radius 2 is 1.78 bits per heavy atom. The Hall–Kier alpha value is -3.59. The van der Waals surface area contributed by atoms with Crippen molar-refractivity contribution >= 4 is 5.97 Å². The van der Waals surface area contributed by atoms with Crippen molar-refractivity contribution in [1.82, 2.24) is 5.16 Å². The van der Waals surface area contributed by atoms with Crippen LogP contribution in [0.5, 0.6) is 5.75 Å². The van der Waals surface area contributed by atoms with Crippen molar-refractivity contribution in [3.63, 3.8) is 0 Å². The van der Waals surface area contributed by atoms with Crippen LogP contribution in [0.25, 0.3) is 0 Å². The van der Waals surface area contributed by atoms with Crippen LogP contribution in [0.3, 0.4) is 0 Å². The van der Waals surface area contributed by atoms with E-state index in [1.54, 1.807) is 48.5 Å². The van der Waals surface area contributed by atoms with Crippen LogP contribution in [0, 0.1) is 25.2 Å². The Morgan fingerprint density at radius 3 is 2.37 bits per heavy atom. The van der Waals surface area contributed by atoms with Crippen LogP contribution < -0.4 is 4.74 Å². The number of carbonyl (C=O) groups excluding carboxylic acids is 1. The van der Waals surface area contributed by atoms with Crippen LogP contribution in [-0.4, -0.2) is 11.1 Å². The van der Waals surface area contributed by atoms with Gasteiger partial charge in [-0.2, -0.15) is 5.26 Å². The summed E-state index contributed by atoms with van der Waals surface area (Å²) in [6.07, 6.45) is 0. The van der Waals surface area contributed by atoms with Crippen LogP contribution in [-0.2, 0) is 18.0 Å². The lowest BCUT2D eigenvalue weighted by Crippen LogP contribution is -2.05.